The largest absolute Gasteiger partial charge is 0.511 e. The molecule has 0 bridgehead atoms. The minimum Gasteiger partial charge on any atom is -0.511 e. The summed E-state index contributed by atoms with van der Waals surface area (Å²) in [7, 11) is 0. The van der Waals surface area contributed by atoms with Crippen molar-refractivity contribution in [3.63, 3.8) is 0 Å². The first-order valence-electron chi connectivity index (χ1n) is 8.27. The fraction of sp³-hybridized carbons (Fsp3) is 0.238. The van der Waals surface area contributed by atoms with Crippen LogP contribution in [-0.2, 0) is 11.2 Å². The molecule has 0 amide bonds. The smallest absolute Gasteiger partial charge is 0.168 e. The van der Waals surface area contributed by atoms with Gasteiger partial charge in [-0.05, 0) is 22.8 Å². The van der Waals surface area contributed by atoms with Crippen LogP contribution in [-0.4, -0.2) is 23.1 Å². The SMILES string of the molecule is C=CCN=C(Cc1cccc2ccccc12)C1=C(O)CCCC1=O. The van der Waals surface area contributed by atoms with Crippen LogP contribution in [0, 0.1) is 0 Å². The second kappa shape index (κ2) is 7.26. The molecule has 0 unspecified atom stereocenters. The molecule has 2 aromatic rings. The van der Waals surface area contributed by atoms with Crippen molar-refractivity contribution >= 4 is 22.3 Å². The molecule has 3 nitrogen and oxygen atoms in total. The number of hydrogen-bond acceptors (Lipinski definition) is 3. The number of aliphatic hydroxyl groups excluding tert-OH is 1. The van der Waals surface area contributed by atoms with Crippen LogP contribution in [0.1, 0.15) is 24.8 Å². The van der Waals surface area contributed by atoms with Gasteiger partial charge in [0, 0.05) is 19.3 Å². The van der Waals surface area contributed by atoms with Crippen molar-refractivity contribution in [3.05, 3.63) is 72.0 Å². The highest BCUT2D eigenvalue weighted by Gasteiger charge is 2.25. The number of rotatable bonds is 5. The lowest BCUT2D eigenvalue weighted by Gasteiger charge is -2.18. The van der Waals surface area contributed by atoms with Crippen LogP contribution in [0.3, 0.4) is 0 Å². The number of nitrogens with zero attached hydrogens (tertiary/aromatic N) is 1. The van der Waals surface area contributed by atoms with Crippen molar-refractivity contribution in [1.82, 2.24) is 0 Å². The van der Waals surface area contributed by atoms with Gasteiger partial charge >= 0.3 is 0 Å². The monoisotopic (exact) mass is 319 g/mol. The summed E-state index contributed by atoms with van der Waals surface area (Å²) in [5.74, 6) is 0.163. The number of carbonyl (C=O) groups is 1. The number of carbonyl (C=O) groups excluding carboxylic acids is 1. The zero-order chi connectivity index (χ0) is 16.9. The molecule has 1 N–H and O–H groups in total. The third-order valence-electron chi connectivity index (χ3n) is 4.32. The Labute approximate surface area is 142 Å². The maximum atomic E-state index is 12.3. The average molecular weight is 319 g/mol. The Kier molecular flexibility index (Phi) is 4.90. The van der Waals surface area contributed by atoms with Crippen LogP contribution < -0.4 is 0 Å². The predicted molar refractivity (Wildman–Crippen MR) is 98.7 cm³/mol. The first-order valence-corrected chi connectivity index (χ1v) is 8.27. The second-order valence-corrected chi connectivity index (χ2v) is 5.99. The number of fused-ring (bicyclic) bond motifs is 1. The fourth-order valence-corrected chi connectivity index (χ4v) is 3.18. The van der Waals surface area contributed by atoms with Crippen LogP contribution in [0.25, 0.3) is 10.8 Å². The van der Waals surface area contributed by atoms with Gasteiger partial charge in [-0.2, -0.15) is 0 Å². The third kappa shape index (κ3) is 3.30. The number of benzene rings is 2. The van der Waals surface area contributed by atoms with Crippen LogP contribution in [0.5, 0.6) is 0 Å². The molecule has 122 valence electrons. The zero-order valence-corrected chi connectivity index (χ0v) is 13.7. The Balaban J connectivity index is 2.04. The highest BCUT2D eigenvalue weighted by atomic mass is 16.3. The van der Waals surface area contributed by atoms with Crippen molar-refractivity contribution < 1.29 is 9.90 Å². The summed E-state index contributed by atoms with van der Waals surface area (Å²) in [6.07, 6.45) is 3.96. The van der Waals surface area contributed by atoms with E-state index in [0.29, 0.717) is 43.5 Å². The topological polar surface area (TPSA) is 49.7 Å². The normalized spacial score (nSPS) is 15.8. The van der Waals surface area contributed by atoms with Gasteiger partial charge in [-0.1, -0.05) is 48.5 Å². The number of aliphatic imine (C=N–C) groups is 1. The van der Waals surface area contributed by atoms with Crippen molar-refractivity contribution in [2.75, 3.05) is 6.54 Å². The summed E-state index contributed by atoms with van der Waals surface area (Å²) in [6.45, 7) is 4.14. The van der Waals surface area contributed by atoms with Gasteiger partial charge in [-0.3, -0.25) is 9.79 Å². The van der Waals surface area contributed by atoms with Gasteiger partial charge in [-0.25, -0.2) is 0 Å². The molecular formula is C21H21NO2. The number of aliphatic hydroxyl groups is 1. The van der Waals surface area contributed by atoms with Crippen LogP contribution in [0.4, 0.5) is 0 Å². The van der Waals surface area contributed by atoms with Crippen LogP contribution in [0.2, 0.25) is 0 Å². The second-order valence-electron chi connectivity index (χ2n) is 5.99. The summed E-state index contributed by atoms with van der Waals surface area (Å²) in [5, 5.41) is 12.6. The maximum Gasteiger partial charge on any atom is 0.168 e. The molecule has 0 radical (unpaired) electrons. The van der Waals surface area contributed by atoms with E-state index in [9.17, 15) is 9.90 Å². The lowest BCUT2D eigenvalue weighted by atomic mass is 9.89. The molecule has 0 atom stereocenters. The molecule has 0 aromatic heterocycles. The third-order valence-corrected chi connectivity index (χ3v) is 4.32. The Morgan fingerprint density at radius 1 is 1.17 bits per heavy atom. The van der Waals surface area contributed by atoms with E-state index in [1.54, 1.807) is 6.08 Å². The van der Waals surface area contributed by atoms with Crippen molar-refractivity contribution in [2.24, 2.45) is 4.99 Å². The number of ketones is 1. The minimum atomic E-state index is -0.0122. The van der Waals surface area contributed by atoms with E-state index < -0.39 is 0 Å². The molecular weight excluding hydrogens is 298 g/mol. The molecule has 3 rings (SSSR count). The van der Waals surface area contributed by atoms with Crippen molar-refractivity contribution in [3.8, 4) is 0 Å². The Hall–Kier alpha value is -2.68. The van der Waals surface area contributed by atoms with Gasteiger partial charge in [0.15, 0.2) is 5.78 Å². The van der Waals surface area contributed by atoms with E-state index in [2.05, 4.69) is 35.8 Å². The van der Waals surface area contributed by atoms with Gasteiger partial charge in [-0.15, -0.1) is 6.58 Å². The van der Waals surface area contributed by atoms with Crippen LogP contribution >= 0.6 is 0 Å². The molecule has 1 aliphatic rings. The summed E-state index contributed by atoms with van der Waals surface area (Å²) < 4.78 is 0. The van der Waals surface area contributed by atoms with Crippen molar-refractivity contribution in [1.29, 1.82) is 0 Å². The van der Waals surface area contributed by atoms with Gasteiger partial charge in [0.05, 0.1) is 17.8 Å². The Morgan fingerprint density at radius 2 is 1.96 bits per heavy atom. The standard InChI is InChI=1S/C21H21NO2/c1-2-13-22-18(21-19(23)11-6-12-20(21)24)14-16-9-5-8-15-7-3-4-10-17(15)16/h2-5,7-10,23H,1,6,11-14H2. The number of hydrogen-bond donors (Lipinski definition) is 1. The molecule has 0 saturated carbocycles. The first-order chi connectivity index (χ1) is 11.7. The first kappa shape index (κ1) is 16.2. The van der Waals surface area contributed by atoms with Crippen LogP contribution in [0.15, 0.2) is 71.4 Å². The molecule has 0 spiro atoms. The Bertz CT molecular complexity index is 841. The number of Topliss-reactive ketones (excluding diaryl/α,β-unsaturated/α-hetero) is 1. The summed E-state index contributed by atoms with van der Waals surface area (Å²) in [5.41, 5.74) is 2.18. The van der Waals surface area contributed by atoms with Gasteiger partial charge < -0.3 is 5.11 Å². The fourth-order valence-electron chi connectivity index (χ4n) is 3.18. The lowest BCUT2D eigenvalue weighted by Crippen LogP contribution is -2.21. The highest BCUT2D eigenvalue weighted by molar-refractivity contribution is 6.24. The molecule has 24 heavy (non-hydrogen) atoms. The highest BCUT2D eigenvalue weighted by Crippen LogP contribution is 2.25. The summed E-state index contributed by atoms with van der Waals surface area (Å²) >= 11 is 0. The van der Waals surface area contributed by atoms with Crippen molar-refractivity contribution in [2.45, 2.75) is 25.7 Å². The molecule has 3 heteroatoms. The summed E-state index contributed by atoms with van der Waals surface area (Å²) in [6, 6.07) is 14.3. The molecule has 0 heterocycles. The molecule has 0 saturated heterocycles. The maximum absolute atomic E-state index is 12.3. The molecule has 0 aliphatic heterocycles. The van der Waals surface area contributed by atoms with Gasteiger partial charge in [0.1, 0.15) is 5.76 Å². The molecule has 1 aliphatic carbocycles. The predicted octanol–water partition coefficient (Wildman–Crippen LogP) is 4.57. The van der Waals surface area contributed by atoms with E-state index in [1.807, 2.05) is 18.2 Å². The zero-order valence-electron chi connectivity index (χ0n) is 13.7. The quantitative estimate of drug-likeness (QED) is 0.648. The number of allylic oxidation sites excluding steroid dienone is 2. The van der Waals surface area contributed by atoms with Gasteiger partial charge in [0.2, 0.25) is 0 Å². The van der Waals surface area contributed by atoms with E-state index in [-0.39, 0.29) is 11.5 Å². The summed E-state index contributed by atoms with van der Waals surface area (Å²) in [4.78, 5) is 16.9. The molecule has 0 fully saturated rings. The average Bonchev–Trinajstić information content (AvgIpc) is 2.59. The minimum absolute atomic E-state index is 0.0122. The van der Waals surface area contributed by atoms with E-state index in [1.165, 1.54) is 0 Å². The Morgan fingerprint density at radius 3 is 2.75 bits per heavy atom. The van der Waals surface area contributed by atoms with E-state index in [4.69, 9.17) is 0 Å². The van der Waals surface area contributed by atoms with E-state index >= 15 is 0 Å². The molecule has 2 aromatic carbocycles. The van der Waals surface area contributed by atoms with E-state index in [0.717, 1.165) is 16.3 Å². The lowest BCUT2D eigenvalue weighted by molar-refractivity contribution is -0.115. The van der Waals surface area contributed by atoms with Gasteiger partial charge in [0.25, 0.3) is 0 Å².